The predicted octanol–water partition coefficient (Wildman–Crippen LogP) is 1.65. The maximum Gasteiger partial charge on any atom is 0.162 e. The summed E-state index contributed by atoms with van der Waals surface area (Å²) < 4.78 is 11.2. The van der Waals surface area contributed by atoms with E-state index in [-0.39, 0.29) is 17.9 Å². The third-order valence-corrected chi connectivity index (χ3v) is 4.18. The quantitative estimate of drug-likeness (QED) is 0.814. The summed E-state index contributed by atoms with van der Waals surface area (Å²) in [4.78, 5) is 1.04. The van der Waals surface area contributed by atoms with Crippen molar-refractivity contribution in [3.05, 3.63) is 18.2 Å². The summed E-state index contributed by atoms with van der Waals surface area (Å²) in [6.07, 6.45) is 0.899. The van der Waals surface area contributed by atoms with E-state index in [9.17, 15) is 5.11 Å². The van der Waals surface area contributed by atoms with Crippen molar-refractivity contribution in [1.29, 1.82) is 0 Å². The van der Waals surface area contributed by atoms with Gasteiger partial charge in [-0.1, -0.05) is 0 Å². The van der Waals surface area contributed by atoms with Crippen molar-refractivity contribution < 1.29 is 14.6 Å². The van der Waals surface area contributed by atoms with Gasteiger partial charge in [-0.2, -0.15) is 0 Å². The minimum Gasteiger partial charge on any atom is -0.490 e. The van der Waals surface area contributed by atoms with Crippen LogP contribution in [-0.2, 0) is 0 Å². The molecule has 2 rings (SSSR count). The van der Waals surface area contributed by atoms with E-state index in [4.69, 9.17) is 15.2 Å². The molecule has 18 heavy (non-hydrogen) atoms. The molecule has 0 saturated carbocycles. The molecule has 1 heterocycles. The van der Waals surface area contributed by atoms with Crippen LogP contribution in [0.5, 0.6) is 11.5 Å². The summed E-state index contributed by atoms with van der Waals surface area (Å²) >= 11 is 1.57. The molecule has 0 amide bonds. The molecular weight excluding hydrogens is 250 g/mol. The van der Waals surface area contributed by atoms with Gasteiger partial charge in [0.15, 0.2) is 11.5 Å². The highest BCUT2D eigenvalue weighted by Crippen LogP contribution is 2.35. The molecule has 0 spiro atoms. The maximum absolute atomic E-state index is 9.28. The second-order valence-corrected chi connectivity index (χ2v) is 5.67. The number of benzene rings is 1. The van der Waals surface area contributed by atoms with E-state index in [1.54, 1.807) is 11.8 Å². The first-order valence-corrected chi connectivity index (χ1v) is 7.01. The second kappa shape index (κ2) is 6.31. The number of thioether (sulfide) groups is 1. The number of nitrogens with two attached hydrogens (primary N) is 1. The standard InChI is InChI=1S/C13H19NO3S/c1-9(14)13(8-15)18-10-3-4-11-12(7-10)17-6-2-5-16-11/h3-4,7,9,13,15H,2,5-6,8,14H2,1H3. The van der Waals surface area contributed by atoms with Gasteiger partial charge >= 0.3 is 0 Å². The van der Waals surface area contributed by atoms with E-state index in [1.807, 2.05) is 25.1 Å². The molecule has 1 aliphatic rings. The van der Waals surface area contributed by atoms with E-state index < -0.39 is 0 Å². The summed E-state index contributed by atoms with van der Waals surface area (Å²) in [6, 6.07) is 5.79. The Morgan fingerprint density at radius 3 is 2.72 bits per heavy atom. The van der Waals surface area contributed by atoms with Crippen LogP contribution in [0.1, 0.15) is 13.3 Å². The highest BCUT2D eigenvalue weighted by atomic mass is 32.2. The van der Waals surface area contributed by atoms with Crippen molar-refractivity contribution in [1.82, 2.24) is 0 Å². The van der Waals surface area contributed by atoms with Crippen LogP contribution >= 0.6 is 11.8 Å². The highest BCUT2D eigenvalue weighted by molar-refractivity contribution is 8.00. The Labute approximate surface area is 111 Å². The fraction of sp³-hybridized carbons (Fsp3) is 0.538. The number of ether oxygens (including phenoxy) is 2. The van der Waals surface area contributed by atoms with Crippen LogP contribution in [0.2, 0.25) is 0 Å². The van der Waals surface area contributed by atoms with Crippen LogP contribution in [0.25, 0.3) is 0 Å². The van der Waals surface area contributed by atoms with Crippen molar-refractivity contribution in [3.63, 3.8) is 0 Å². The van der Waals surface area contributed by atoms with Crippen LogP contribution in [0.15, 0.2) is 23.1 Å². The molecular formula is C13H19NO3S. The first-order chi connectivity index (χ1) is 8.70. The topological polar surface area (TPSA) is 64.7 Å². The van der Waals surface area contributed by atoms with Crippen molar-refractivity contribution in [3.8, 4) is 11.5 Å². The van der Waals surface area contributed by atoms with E-state index in [0.717, 1.165) is 22.8 Å². The molecule has 100 valence electrons. The smallest absolute Gasteiger partial charge is 0.162 e. The summed E-state index contributed by atoms with van der Waals surface area (Å²) in [7, 11) is 0. The molecule has 4 nitrogen and oxygen atoms in total. The monoisotopic (exact) mass is 269 g/mol. The van der Waals surface area contributed by atoms with Crippen molar-refractivity contribution in [2.45, 2.75) is 29.5 Å². The summed E-state index contributed by atoms with van der Waals surface area (Å²) in [5.74, 6) is 1.57. The Hall–Kier alpha value is -0.910. The lowest BCUT2D eigenvalue weighted by atomic mass is 10.3. The number of hydrogen-bond acceptors (Lipinski definition) is 5. The largest absolute Gasteiger partial charge is 0.490 e. The zero-order valence-corrected chi connectivity index (χ0v) is 11.3. The van der Waals surface area contributed by atoms with Gasteiger partial charge in [-0.05, 0) is 25.1 Å². The minimum atomic E-state index is -0.0593. The maximum atomic E-state index is 9.28. The first kappa shape index (κ1) is 13.5. The Bertz CT molecular complexity index is 398. The van der Waals surface area contributed by atoms with E-state index in [0.29, 0.717) is 13.2 Å². The molecule has 1 aromatic carbocycles. The number of fused-ring (bicyclic) bond motifs is 1. The van der Waals surface area contributed by atoms with Crippen LogP contribution in [-0.4, -0.2) is 36.2 Å². The average Bonchev–Trinajstić information content (AvgIpc) is 2.60. The number of rotatable bonds is 4. The third-order valence-electron chi connectivity index (χ3n) is 2.77. The molecule has 0 bridgehead atoms. The summed E-state index contributed by atoms with van der Waals surface area (Å²) in [5, 5.41) is 9.28. The third kappa shape index (κ3) is 3.31. The molecule has 0 radical (unpaired) electrons. The van der Waals surface area contributed by atoms with E-state index in [2.05, 4.69) is 0 Å². The lowest BCUT2D eigenvalue weighted by Gasteiger charge is -2.18. The van der Waals surface area contributed by atoms with E-state index in [1.165, 1.54) is 0 Å². The number of aliphatic hydroxyl groups excluding tert-OH is 1. The summed E-state index contributed by atoms with van der Waals surface area (Å²) in [6.45, 7) is 3.34. The summed E-state index contributed by atoms with van der Waals surface area (Å²) in [5.41, 5.74) is 5.82. The van der Waals surface area contributed by atoms with Gasteiger partial charge in [0.25, 0.3) is 0 Å². The average molecular weight is 269 g/mol. The molecule has 2 unspecified atom stereocenters. The molecule has 1 aromatic rings. The van der Waals surface area contributed by atoms with Gasteiger partial charge in [-0.25, -0.2) is 0 Å². The molecule has 0 fully saturated rings. The molecule has 0 aliphatic carbocycles. The van der Waals surface area contributed by atoms with Gasteiger partial charge in [-0.3, -0.25) is 0 Å². The number of hydrogen-bond donors (Lipinski definition) is 2. The lowest BCUT2D eigenvalue weighted by molar-refractivity contribution is 0.285. The normalized spacial score (nSPS) is 17.9. The zero-order valence-electron chi connectivity index (χ0n) is 10.5. The molecule has 0 aromatic heterocycles. The van der Waals surface area contributed by atoms with Crippen molar-refractivity contribution in [2.24, 2.45) is 5.73 Å². The molecule has 2 atom stereocenters. The van der Waals surface area contributed by atoms with Gasteiger partial charge in [-0.15, -0.1) is 11.8 Å². The van der Waals surface area contributed by atoms with Crippen molar-refractivity contribution in [2.75, 3.05) is 19.8 Å². The van der Waals surface area contributed by atoms with E-state index >= 15 is 0 Å². The minimum absolute atomic E-state index is 0.00486. The van der Waals surface area contributed by atoms with Gasteiger partial charge in [0.1, 0.15) is 0 Å². The van der Waals surface area contributed by atoms with Gasteiger partial charge in [0.2, 0.25) is 0 Å². The SMILES string of the molecule is CC(N)C(CO)Sc1ccc2c(c1)OCCCO2. The Morgan fingerprint density at radius 1 is 1.33 bits per heavy atom. The highest BCUT2D eigenvalue weighted by Gasteiger charge is 2.16. The predicted molar refractivity (Wildman–Crippen MR) is 72.4 cm³/mol. The molecule has 1 aliphatic heterocycles. The van der Waals surface area contributed by atoms with Crippen molar-refractivity contribution >= 4 is 11.8 Å². The van der Waals surface area contributed by atoms with Gasteiger partial charge in [0.05, 0.1) is 19.8 Å². The fourth-order valence-corrected chi connectivity index (χ4v) is 2.66. The molecule has 5 heteroatoms. The fourth-order valence-electron chi connectivity index (χ4n) is 1.70. The Kier molecular flexibility index (Phi) is 4.74. The lowest BCUT2D eigenvalue weighted by Crippen LogP contribution is -2.31. The van der Waals surface area contributed by atoms with Crippen LogP contribution in [0.3, 0.4) is 0 Å². The Morgan fingerprint density at radius 2 is 2.06 bits per heavy atom. The first-order valence-electron chi connectivity index (χ1n) is 6.13. The Balaban J connectivity index is 2.12. The molecule has 3 N–H and O–H groups in total. The van der Waals surface area contributed by atoms with Gasteiger partial charge < -0.3 is 20.3 Å². The number of aliphatic hydroxyl groups is 1. The zero-order chi connectivity index (χ0) is 13.0. The second-order valence-electron chi connectivity index (χ2n) is 4.36. The molecule has 0 saturated heterocycles. The van der Waals surface area contributed by atoms with Crippen LogP contribution in [0, 0.1) is 0 Å². The van der Waals surface area contributed by atoms with Crippen LogP contribution in [0.4, 0.5) is 0 Å². The van der Waals surface area contributed by atoms with Gasteiger partial charge in [0, 0.05) is 22.6 Å². The van der Waals surface area contributed by atoms with Crippen LogP contribution < -0.4 is 15.2 Å².